The van der Waals surface area contributed by atoms with E-state index in [0.717, 1.165) is 18.2 Å². The summed E-state index contributed by atoms with van der Waals surface area (Å²) in [4.78, 5) is 0. The number of halogens is 3. The van der Waals surface area contributed by atoms with Crippen molar-refractivity contribution in [3.8, 4) is 0 Å². The summed E-state index contributed by atoms with van der Waals surface area (Å²) in [5.74, 6) is -0.683. The monoisotopic (exact) mass is 331 g/mol. The first-order valence-corrected chi connectivity index (χ1v) is 6.97. The van der Waals surface area contributed by atoms with Crippen molar-refractivity contribution in [2.75, 3.05) is 6.54 Å². The lowest BCUT2D eigenvalue weighted by molar-refractivity contribution is 0.457. The summed E-state index contributed by atoms with van der Waals surface area (Å²) in [6.45, 7) is 7.40. The van der Waals surface area contributed by atoms with Gasteiger partial charge in [-0.15, -0.1) is 0 Å². The standard InChI is InChI=1S/C14H16BrF2NO/c1-7(2)5-18-6-11-8(3)12-9(15)4-10(16)13(17)14(12)19-11/h4,7,18H,5-6H2,1-3H3. The molecule has 1 aromatic carbocycles. The molecule has 19 heavy (non-hydrogen) atoms. The van der Waals surface area contributed by atoms with Gasteiger partial charge >= 0.3 is 0 Å². The number of aryl methyl sites for hydroxylation is 1. The molecule has 0 fully saturated rings. The lowest BCUT2D eigenvalue weighted by atomic mass is 10.1. The zero-order chi connectivity index (χ0) is 14.2. The van der Waals surface area contributed by atoms with Crippen LogP contribution in [0.1, 0.15) is 25.2 Å². The average molecular weight is 332 g/mol. The molecule has 0 aliphatic rings. The van der Waals surface area contributed by atoms with Crippen molar-refractivity contribution in [1.29, 1.82) is 0 Å². The third kappa shape index (κ3) is 2.82. The Labute approximate surface area is 119 Å². The molecule has 0 radical (unpaired) electrons. The van der Waals surface area contributed by atoms with Gasteiger partial charge in [-0.1, -0.05) is 13.8 Å². The summed E-state index contributed by atoms with van der Waals surface area (Å²) in [7, 11) is 0. The van der Waals surface area contributed by atoms with Crippen LogP contribution < -0.4 is 5.32 Å². The zero-order valence-corrected chi connectivity index (χ0v) is 12.7. The second-order valence-corrected chi connectivity index (χ2v) is 5.89. The largest absolute Gasteiger partial charge is 0.456 e. The number of rotatable bonds is 4. The first-order valence-electron chi connectivity index (χ1n) is 6.18. The van der Waals surface area contributed by atoms with Crippen LogP contribution in [-0.4, -0.2) is 6.54 Å². The SMILES string of the molecule is Cc1c(CNCC(C)C)oc2c(F)c(F)cc(Br)c12. The fourth-order valence-corrected chi connectivity index (χ4v) is 2.68. The molecule has 2 aromatic rings. The molecule has 0 atom stereocenters. The highest BCUT2D eigenvalue weighted by Crippen LogP contribution is 2.34. The van der Waals surface area contributed by atoms with Crippen molar-refractivity contribution in [3.05, 3.63) is 33.5 Å². The molecule has 1 N–H and O–H groups in total. The van der Waals surface area contributed by atoms with Gasteiger partial charge < -0.3 is 9.73 Å². The summed E-state index contributed by atoms with van der Waals surface area (Å²) in [5, 5.41) is 3.83. The summed E-state index contributed by atoms with van der Waals surface area (Å²) in [6, 6.07) is 1.13. The molecule has 0 amide bonds. The van der Waals surface area contributed by atoms with Gasteiger partial charge in [0.15, 0.2) is 11.4 Å². The smallest absolute Gasteiger partial charge is 0.201 e. The molecule has 1 aromatic heterocycles. The highest BCUT2D eigenvalue weighted by Gasteiger charge is 2.19. The Kier molecular flexibility index (Phi) is 4.26. The Morgan fingerprint density at radius 2 is 2.05 bits per heavy atom. The summed E-state index contributed by atoms with van der Waals surface area (Å²) in [5.41, 5.74) is 0.808. The van der Waals surface area contributed by atoms with E-state index >= 15 is 0 Å². The van der Waals surface area contributed by atoms with Gasteiger partial charge in [-0.3, -0.25) is 0 Å². The lowest BCUT2D eigenvalue weighted by Gasteiger charge is -2.05. The molecule has 2 rings (SSSR count). The van der Waals surface area contributed by atoms with Gasteiger partial charge in [-0.05, 0) is 41.4 Å². The topological polar surface area (TPSA) is 25.2 Å². The van der Waals surface area contributed by atoms with E-state index in [2.05, 4.69) is 35.1 Å². The van der Waals surface area contributed by atoms with Crippen molar-refractivity contribution in [1.82, 2.24) is 5.32 Å². The van der Waals surface area contributed by atoms with Gasteiger partial charge in [-0.25, -0.2) is 4.39 Å². The lowest BCUT2D eigenvalue weighted by Crippen LogP contribution is -2.18. The first kappa shape index (κ1) is 14.5. The van der Waals surface area contributed by atoms with Crippen LogP contribution in [0.3, 0.4) is 0 Å². The molecule has 0 spiro atoms. The minimum absolute atomic E-state index is 0.0225. The van der Waals surface area contributed by atoms with Crippen LogP contribution in [0.2, 0.25) is 0 Å². The maximum atomic E-state index is 13.7. The molecule has 104 valence electrons. The quantitative estimate of drug-likeness (QED) is 0.833. The van der Waals surface area contributed by atoms with Crippen LogP contribution in [0, 0.1) is 24.5 Å². The van der Waals surface area contributed by atoms with E-state index in [0.29, 0.717) is 28.1 Å². The first-order chi connectivity index (χ1) is 8.91. The molecule has 0 unspecified atom stereocenters. The number of hydrogen-bond donors (Lipinski definition) is 1. The summed E-state index contributed by atoms with van der Waals surface area (Å²) >= 11 is 3.25. The van der Waals surface area contributed by atoms with Gasteiger partial charge in [0.25, 0.3) is 0 Å². The van der Waals surface area contributed by atoms with E-state index in [-0.39, 0.29) is 5.58 Å². The molecular formula is C14H16BrF2NO. The molecule has 0 saturated heterocycles. The van der Waals surface area contributed by atoms with Crippen molar-refractivity contribution in [2.45, 2.75) is 27.3 Å². The van der Waals surface area contributed by atoms with Gasteiger partial charge in [0, 0.05) is 15.4 Å². The van der Waals surface area contributed by atoms with E-state index < -0.39 is 11.6 Å². The maximum absolute atomic E-state index is 13.7. The molecule has 0 saturated carbocycles. The van der Waals surface area contributed by atoms with E-state index in [1.54, 1.807) is 0 Å². The number of nitrogens with one attached hydrogen (secondary N) is 1. The summed E-state index contributed by atoms with van der Waals surface area (Å²) < 4.78 is 33.0. The Bertz CT molecular complexity index is 607. The average Bonchev–Trinajstić information content (AvgIpc) is 2.64. The fourth-order valence-electron chi connectivity index (χ4n) is 2.00. The number of furan rings is 1. The third-order valence-corrected chi connectivity index (χ3v) is 3.61. The molecule has 0 bridgehead atoms. The molecule has 2 nitrogen and oxygen atoms in total. The van der Waals surface area contributed by atoms with Crippen LogP contribution in [0.4, 0.5) is 8.78 Å². The Hall–Kier alpha value is -0.940. The van der Waals surface area contributed by atoms with Gasteiger partial charge in [0.1, 0.15) is 5.76 Å². The zero-order valence-electron chi connectivity index (χ0n) is 11.1. The van der Waals surface area contributed by atoms with Crippen molar-refractivity contribution in [3.63, 3.8) is 0 Å². The summed E-state index contributed by atoms with van der Waals surface area (Å²) in [6.07, 6.45) is 0. The number of benzene rings is 1. The Balaban J connectivity index is 2.39. The van der Waals surface area contributed by atoms with Gasteiger partial charge in [0.05, 0.1) is 6.54 Å². The number of hydrogen-bond acceptors (Lipinski definition) is 2. The third-order valence-electron chi connectivity index (χ3n) is 2.99. The van der Waals surface area contributed by atoms with E-state index in [1.807, 2.05) is 6.92 Å². The molecule has 0 aliphatic carbocycles. The van der Waals surface area contributed by atoms with Gasteiger partial charge in [0.2, 0.25) is 5.82 Å². The Morgan fingerprint density at radius 1 is 1.37 bits per heavy atom. The van der Waals surface area contributed by atoms with Crippen LogP contribution in [0.25, 0.3) is 11.0 Å². The van der Waals surface area contributed by atoms with E-state index in [4.69, 9.17) is 4.42 Å². The maximum Gasteiger partial charge on any atom is 0.201 e. The molecule has 0 aliphatic heterocycles. The van der Waals surface area contributed by atoms with Gasteiger partial charge in [-0.2, -0.15) is 4.39 Å². The minimum Gasteiger partial charge on any atom is -0.456 e. The second-order valence-electron chi connectivity index (χ2n) is 5.03. The highest BCUT2D eigenvalue weighted by atomic mass is 79.9. The molecule has 5 heteroatoms. The minimum atomic E-state index is -0.934. The number of fused-ring (bicyclic) bond motifs is 1. The molecular weight excluding hydrogens is 316 g/mol. The Morgan fingerprint density at radius 3 is 2.68 bits per heavy atom. The van der Waals surface area contributed by atoms with Crippen LogP contribution >= 0.6 is 15.9 Å². The molecule has 1 heterocycles. The van der Waals surface area contributed by atoms with Crippen molar-refractivity contribution in [2.24, 2.45) is 5.92 Å². The van der Waals surface area contributed by atoms with Crippen molar-refractivity contribution < 1.29 is 13.2 Å². The second kappa shape index (κ2) is 5.59. The fraction of sp³-hybridized carbons (Fsp3) is 0.429. The highest BCUT2D eigenvalue weighted by molar-refractivity contribution is 9.10. The predicted octanol–water partition coefficient (Wildman–Crippen LogP) is 4.53. The van der Waals surface area contributed by atoms with E-state index in [1.165, 1.54) is 0 Å². The normalized spacial score (nSPS) is 11.7. The van der Waals surface area contributed by atoms with E-state index in [9.17, 15) is 8.78 Å². The van der Waals surface area contributed by atoms with Crippen molar-refractivity contribution >= 4 is 26.9 Å². The van der Waals surface area contributed by atoms with Crippen LogP contribution in [-0.2, 0) is 6.54 Å². The van der Waals surface area contributed by atoms with Crippen LogP contribution in [0.5, 0.6) is 0 Å². The van der Waals surface area contributed by atoms with Crippen LogP contribution in [0.15, 0.2) is 15.0 Å². The predicted molar refractivity (Wildman–Crippen MR) is 75.1 cm³/mol.